The fourth-order valence-electron chi connectivity index (χ4n) is 2.45. The van der Waals surface area contributed by atoms with Gasteiger partial charge in [0, 0.05) is 17.4 Å². The highest BCUT2D eigenvalue weighted by atomic mass is 16.5. The normalized spacial score (nSPS) is 10.8. The Balaban J connectivity index is 1.91. The summed E-state index contributed by atoms with van der Waals surface area (Å²) in [5, 5.41) is 6.13. The quantitative estimate of drug-likeness (QED) is 0.719. The van der Waals surface area contributed by atoms with Crippen LogP contribution in [-0.4, -0.2) is 19.1 Å². The molecule has 0 bridgehead atoms. The summed E-state index contributed by atoms with van der Waals surface area (Å²) in [6, 6.07) is 15.6. The number of nitrogens with one attached hydrogen (secondary N) is 2. The van der Waals surface area contributed by atoms with Crippen LogP contribution >= 0.6 is 0 Å². The van der Waals surface area contributed by atoms with E-state index in [-0.39, 0.29) is 12.5 Å². The summed E-state index contributed by atoms with van der Waals surface area (Å²) in [5.74, 6) is 1.58. The number of hydrogen-bond acceptors (Lipinski definition) is 3. The number of rotatable bonds is 8. The molecule has 1 amide bonds. The van der Waals surface area contributed by atoms with Crippen molar-refractivity contribution < 1.29 is 9.53 Å². The Morgan fingerprint density at radius 1 is 1.04 bits per heavy atom. The molecule has 0 saturated carbocycles. The van der Waals surface area contributed by atoms with Gasteiger partial charge in [0.1, 0.15) is 5.75 Å². The smallest absolute Gasteiger partial charge is 0.243 e. The van der Waals surface area contributed by atoms with Crippen LogP contribution in [0, 0.1) is 5.92 Å². The van der Waals surface area contributed by atoms with Gasteiger partial charge < -0.3 is 15.4 Å². The molecule has 0 aliphatic rings. The Labute approximate surface area is 150 Å². The minimum absolute atomic E-state index is 0.0680. The molecular weight excluding hydrogens is 312 g/mol. The summed E-state index contributed by atoms with van der Waals surface area (Å²) in [4.78, 5) is 12.3. The second-order valence-electron chi connectivity index (χ2n) is 6.88. The number of carbonyl (C=O) groups is 1. The number of amides is 1. The Morgan fingerprint density at radius 2 is 1.80 bits per heavy atom. The van der Waals surface area contributed by atoms with Crippen molar-refractivity contribution in [3.8, 4) is 5.75 Å². The minimum Gasteiger partial charge on any atom is -0.493 e. The van der Waals surface area contributed by atoms with Crippen LogP contribution in [0.5, 0.6) is 5.75 Å². The van der Waals surface area contributed by atoms with E-state index in [0.717, 1.165) is 22.7 Å². The molecule has 0 aliphatic heterocycles. The molecule has 0 spiro atoms. The lowest BCUT2D eigenvalue weighted by Gasteiger charge is -2.14. The third-order valence-electron chi connectivity index (χ3n) is 3.73. The van der Waals surface area contributed by atoms with Crippen LogP contribution in [0.4, 0.5) is 11.4 Å². The first kappa shape index (κ1) is 18.8. The first-order valence-corrected chi connectivity index (χ1v) is 8.81. The van der Waals surface area contributed by atoms with E-state index in [0.29, 0.717) is 18.4 Å². The van der Waals surface area contributed by atoms with Gasteiger partial charge >= 0.3 is 0 Å². The molecule has 0 heterocycles. The maximum absolute atomic E-state index is 12.3. The Bertz CT molecular complexity index is 696. The van der Waals surface area contributed by atoms with Gasteiger partial charge in [0.2, 0.25) is 5.91 Å². The van der Waals surface area contributed by atoms with E-state index in [1.165, 1.54) is 0 Å². The van der Waals surface area contributed by atoms with E-state index < -0.39 is 0 Å². The predicted molar refractivity (Wildman–Crippen MR) is 104 cm³/mol. The minimum atomic E-state index is -0.0680. The van der Waals surface area contributed by atoms with Gasteiger partial charge in [-0.15, -0.1) is 0 Å². The lowest BCUT2D eigenvalue weighted by atomic mass is 10.0. The number of anilines is 2. The maximum Gasteiger partial charge on any atom is 0.243 e. The van der Waals surface area contributed by atoms with E-state index in [9.17, 15) is 4.79 Å². The first-order valence-electron chi connectivity index (χ1n) is 8.81. The lowest BCUT2D eigenvalue weighted by Crippen LogP contribution is -2.22. The van der Waals surface area contributed by atoms with E-state index in [1.54, 1.807) is 0 Å². The summed E-state index contributed by atoms with van der Waals surface area (Å²) >= 11 is 0. The molecule has 4 heteroatoms. The molecule has 0 fully saturated rings. The summed E-state index contributed by atoms with van der Waals surface area (Å²) in [6.45, 7) is 9.34. The van der Waals surface area contributed by atoms with Crippen molar-refractivity contribution >= 4 is 17.3 Å². The molecule has 2 aromatic rings. The monoisotopic (exact) mass is 340 g/mol. The maximum atomic E-state index is 12.3. The summed E-state index contributed by atoms with van der Waals surface area (Å²) in [5.41, 5.74) is 2.88. The lowest BCUT2D eigenvalue weighted by molar-refractivity contribution is -0.114. The largest absolute Gasteiger partial charge is 0.493 e. The van der Waals surface area contributed by atoms with Crippen LogP contribution in [-0.2, 0) is 4.79 Å². The molecule has 4 nitrogen and oxygen atoms in total. The Hall–Kier alpha value is -2.49. The predicted octanol–water partition coefficient (Wildman–Crippen LogP) is 4.90. The van der Waals surface area contributed by atoms with Gasteiger partial charge in [-0.2, -0.15) is 0 Å². The van der Waals surface area contributed by atoms with E-state index >= 15 is 0 Å². The van der Waals surface area contributed by atoms with Crippen molar-refractivity contribution in [3.63, 3.8) is 0 Å². The topological polar surface area (TPSA) is 50.4 Å². The van der Waals surface area contributed by atoms with Crippen molar-refractivity contribution in [3.05, 3.63) is 54.1 Å². The van der Waals surface area contributed by atoms with Gasteiger partial charge in [0.05, 0.1) is 13.2 Å². The van der Waals surface area contributed by atoms with Gasteiger partial charge in [0.15, 0.2) is 0 Å². The molecule has 0 atom stereocenters. The molecule has 2 N–H and O–H groups in total. The number of carbonyl (C=O) groups excluding carboxylic acids is 1. The fourth-order valence-corrected chi connectivity index (χ4v) is 2.45. The molecule has 2 aromatic carbocycles. The van der Waals surface area contributed by atoms with E-state index in [4.69, 9.17) is 4.74 Å². The van der Waals surface area contributed by atoms with Gasteiger partial charge in [-0.3, -0.25) is 4.79 Å². The van der Waals surface area contributed by atoms with E-state index in [1.807, 2.05) is 48.5 Å². The molecule has 0 radical (unpaired) electrons. The number of para-hydroxylation sites is 1. The number of benzene rings is 2. The molecule has 2 rings (SSSR count). The highest BCUT2D eigenvalue weighted by Gasteiger charge is 2.09. The second-order valence-corrected chi connectivity index (χ2v) is 6.88. The zero-order chi connectivity index (χ0) is 18.2. The third-order valence-corrected chi connectivity index (χ3v) is 3.73. The van der Waals surface area contributed by atoms with Crippen molar-refractivity contribution in [2.24, 2.45) is 5.92 Å². The SMILES string of the molecule is CC(C)COc1cccc(NCC(=O)Nc2ccccc2C(C)C)c1. The molecule has 0 saturated heterocycles. The summed E-state index contributed by atoms with van der Waals surface area (Å²) in [6.07, 6.45) is 0. The van der Waals surface area contributed by atoms with Crippen LogP contribution in [0.2, 0.25) is 0 Å². The van der Waals surface area contributed by atoms with Crippen molar-refractivity contribution in [2.75, 3.05) is 23.8 Å². The Kier molecular flexibility index (Phi) is 6.87. The zero-order valence-corrected chi connectivity index (χ0v) is 15.5. The highest BCUT2D eigenvalue weighted by molar-refractivity contribution is 5.94. The zero-order valence-electron chi connectivity index (χ0n) is 15.5. The van der Waals surface area contributed by atoms with E-state index in [2.05, 4.69) is 38.3 Å². The van der Waals surface area contributed by atoms with Crippen molar-refractivity contribution in [1.29, 1.82) is 0 Å². The van der Waals surface area contributed by atoms with Crippen molar-refractivity contribution in [1.82, 2.24) is 0 Å². The molecular formula is C21H28N2O2. The Morgan fingerprint density at radius 3 is 2.52 bits per heavy atom. The van der Waals surface area contributed by atoms with Crippen LogP contribution in [0.15, 0.2) is 48.5 Å². The summed E-state index contributed by atoms with van der Waals surface area (Å²) in [7, 11) is 0. The van der Waals surface area contributed by atoms with Crippen LogP contribution in [0.3, 0.4) is 0 Å². The average molecular weight is 340 g/mol. The highest BCUT2D eigenvalue weighted by Crippen LogP contribution is 2.23. The summed E-state index contributed by atoms with van der Waals surface area (Å²) < 4.78 is 5.71. The molecule has 25 heavy (non-hydrogen) atoms. The first-order chi connectivity index (χ1) is 12.0. The average Bonchev–Trinajstić information content (AvgIpc) is 2.59. The fraction of sp³-hybridized carbons (Fsp3) is 0.381. The van der Waals surface area contributed by atoms with Gasteiger partial charge in [-0.25, -0.2) is 0 Å². The molecule has 0 unspecified atom stereocenters. The standard InChI is InChI=1S/C21H28N2O2/c1-15(2)14-25-18-9-7-8-17(12-18)22-13-21(24)23-20-11-6-5-10-19(20)16(3)4/h5-12,15-16,22H,13-14H2,1-4H3,(H,23,24). The number of hydrogen-bond donors (Lipinski definition) is 2. The van der Waals surface area contributed by atoms with Crippen LogP contribution in [0.25, 0.3) is 0 Å². The second kappa shape index (κ2) is 9.11. The van der Waals surface area contributed by atoms with Gasteiger partial charge in [-0.05, 0) is 35.6 Å². The van der Waals surface area contributed by atoms with Gasteiger partial charge in [0.25, 0.3) is 0 Å². The van der Waals surface area contributed by atoms with Gasteiger partial charge in [-0.1, -0.05) is 52.0 Å². The molecule has 0 aromatic heterocycles. The number of ether oxygens (including phenoxy) is 1. The molecule has 134 valence electrons. The van der Waals surface area contributed by atoms with Crippen LogP contribution < -0.4 is 15.4 Å². The molecule has 0 aliphatic carbocycles. The third kappa shape index (κ3) is 6.14. The van der Waals surface area contributed by atoms with Crippen molar-refractivity contribution in [2.45, 2.75) is 33.6 Å². The van der Waals surface area contributed by atoms with Crippen LogP contribution in [0.1, 0.15) is 39.2 Å².